The van der Waals surface area contributed by atoms with Gasteiger partial charge in [-0.1, -0.05) is 17.7 Å². The molecule has 0 aliphatic carbocycles. The van der Waals surface area contributed by atoms with Crippen LogP contribution in [0, 0.1) is 27.7 Å². The van der Waals surface area contributed by atoms with E-state index in [1.54, 1.807) is 0 Å². The summed E-state index contributed by atoms with van der Waals surface area (Å²) in [6.45, 7) is 14.9. The molecule has 29 heavy (non-hydrogen) atoms. The fourth-order valence-electron chi connectivity index (χ4n) is 4.64. The van der Waals surface area contributed by atoms with E-state index in [2.05, 4.69) is 56.6 Å². The second-order valence-corrected chi connectivity index (χ2v) is 8.10. The Hall–Kier alpha value is -2.18. The Morgan fingerprint density at radius 3 is 2.41 bits per heavy atom. The molecule has 1 saturated heterocycles. The molecule has 1 aromatic carbocycles. The van der Waals surface area contributed by atoms with Crippen LogP contribution >= 0.6 is 0 Å². The van der Waals surface area contributed by atoms with Crippen molar-refractivity contribution in [3.63, 3.8) is 0 Å². The second kappa shape index (κ2) is 8.28. The molecule has 0 saturated carbocycles. The smallest absolute Gasteiger partial charge is 0.232 e. The lowest BCUT2D eigenvalue weighted by Gasteiger charge is -2.27. The molecule has 0 N–H and O–H groups in total. The molecule has 1 fully saturated rings. The van der Waals surface area contributed by atoms with E-state index in [1.807, 2.05) is 0 Å². The Morgan fingerprint density at radius 1 is 1.07 bits per heavy atom. The third-order valence-corrected chi connectivity index (χ3v) is 5.90. The van der Waals surface area contributed by atoms with Gasteiger partial charge in [-0.25, -0.2) is 4.98 Å². The third-order valence-electron chi connectivity index (χ3n) is 5.90. The fraction of sp³-hybridized carbons (Fsp3) is 0.565. The highest BCUT2D eigenvalue weighted by atomic mass is 16.7. The quantitative estimate of drug-likeness (QED) is 0.736. The first kappa shape index (κ1) is 20.1. The summed E-state index contributed by atoms with van der Waals surface area (Å²) in [6.07, 6.45) is 1.79. The maximum absolute atomic E-state index is 5.61. The van der Waals surface area contributed by atoms with Gasteiger partial charge in [0.05, 0.1) is 13.2 Å². The van der Waals surface area contributed by atoms with Gasteiger partial charge >= 0.3 is 0 Å². The molecular weight excluding hydrogens is 364 g/mol. The molecule has 0 atom stereocenters. The molecule has 2 aromatic rings. The van der Waals surface area contributed by atoms with Gasteiger partial charge in [0.25, 0.3) is 0 Å². The van der Waals surface area contributed by atoms with Crippen molar-refractivity contribution < 1.29 is 9.47 Å². The van der Waals surface area contributed by atoms with Crippen LogP contribution in [0.25, 0.3) is 0 Å². The highest BCUT2D eigenvalue weighted by Crippen LogP contribution is 2.35. The van der Waals surface area contributed by atoms with Crippen molar-refractivity contribution in [1.82, 2.24) is 9.97 Å². The van der Waals surface area contributed by atoms with Crippen LogP contribution in [0.15, 0.2) is 12.1 Å². The zero-order valence-corrected chi connectivity index (χ0v) is 18.3. The zero-order valence-electron chi connectivity index (χ0n) is 18.3. The predicted molar refractivity (Wildman–Crippen MR) is 116 cm³/mol. The van der Waals surface area contributed by atoms with Gasteiger partial charge < -0.3 is 19.3 Å². The zero-order chi connectivity index (χ0) is 20.5. The molecule has 6 heteroatoms. The van der Waals surface area contributed by atoms with Crippen LogP contribution in [-0.4, -0.2) is 49.1 Å². The number of hydrogen-bond acceptors (Lipinski definition) is 6. The summed E-state index contributed by atoms with van der Waals surface area (Å²) >= 11 is 0. The molecule has 1 aromatic heterocycles. The van der Waals surface area contributed by atoms with Crippen LogP contribution in [0.1, 0.15) is 41.3 Å². The molecule has 0 amide bonds. The lowest BCUT2D eigenvalue weighted by Crippen LogP contribution is -2.27. The minimum Gasteiger partial charge on any atom is -0.356 e. The first-order valence-electron chi connectivity index (χ1n) is 10.7. The monoisotopic (exact) mass is 396 g/mol. The van der Waals surface area contributed by atoms with Crippen molar-refractivity contribution in [2.75, 3.05) is 42.6 Å². The van der Waals surface area contributed by atoms with E-state index in [0.717, 1.165) is 49.9 Å². The number of nitrogens with zero attached hydrogens (tertiary/aromatic N) is 4. The molecule has 0 radical (unpaired) electrons. The van der Waals surface area contributed by atoms with Gasteiger partial charge in [-0.15, -0.1) is 0 Å². The normalized spacial score (nSPS) is 16.5. The fourth-order valence-corrected chi connectivity index (χ4v) is 4.64. The maximum Gasteiger partial charge on any atom is 0.232 e. The Balaban J connectivity index is 1.65. The molecule has 0 unspecified atom stereocenters. The maximum atomic E-state index is 5.61. The van der Waals surface area contributed by atoms with Crippen molar-refractivity contribution in [2.45, 2.75) is 53.8 Å². The van der Waals surface area contributed by atoms with Gasteiger partial charge in [0.1, 0.15) is 5.82 Å². The molecule has 156 valence electrons. The summed E-state index contributed by atoms with van der Waals surface area (Å²) in [5.41, 5.74) is 7.39. The van der Waals surface area contributed by atoms with Gasteiger partial charge in [-0.2, -0.15) is 4.98 Å². The highest BCUT2D eigenvalue weighted by molar-refractivity contribution is 5.68. The van der Waals surface area contributed by atoms with Crippen molar-refractivity contribution in [3.8, 4) is 0 Å². The van der Waals surface area contributed by atoms with Gasteiger partial charge in [0.15, 0.2) is 6.29 Å². The molecule has 0 spiro atoms. The average Bonchev–Trinajstić information content (AvgIpc) is 3.32. The lowest BCUT2D eigenvalue weighted by molar-refractivity contribution is -0.0448. The van der Waals surface area contributed by atoms with E-state index in [4.69, 9.17) is 19.4 Å². The van der Waals surface area contributed by atoms with Crippen molar-refractivity contribution >= 4 is 17.5 Å². The summed E-state index contributed by atoms with van der Waals surface area (Å²) in [5.74, 6) is 1.87. The summed E-state index contributed by atoms with van der Waals surface area (Å²) in [7, 11) is 0. The van der Waals surface area contributed by atoms with E-state index in [-0.39, 0.29) is 6.29 Å². The number of aryl methyl sites for hydroxylation is 4. The number of aromatic nitrogens is 2. The van der Waals surface area contributed by atoms with E-state index in [1.165, 1.54) is 27.9 Å². The summed E-state index contributed by atoms with van der Waals surface area (Å²) in [6, 6.07) is 4.47. The SMILES string of the molecule is CCN(c1nc(C)c2c(n1)N(CCC1OCCO1)CC2)c1c(C)cc(C)cc1C. The van der Waals surface area contributed by atoms with E-state index in [9.17, 15) is 0 Å². The van der Waals surface area contributed by atoms with Crippen molar-refractivity contribution in [3.05, 3.63) is 40.1 Å². The molecule has 2 aliphatic rings. The number of ether oxygens (including phenoxy) is 2. The van der Waals surface area contributed by atoms with E-state index in [0.29, 0.717) is 13.2 Å². The Morgan fingerprint density at radius 2 is 1.76 bits per heavy atom. The number of hydrogen-bond donors (Lipinski definition) is 0. The van der Waals surface area contributed by atoms with Gasteiger partial charge in [0.2, 0.25) is 5.95 Å². The van der Waals surface area contributed by atoms with Crippen LogP contribution in [0.5, 0.6) is 0 Å². The molecule has 4 rings (SSSR count). The first-order chi connectivity index (χ1) is 14.0. The summed E-state index contributed by atoms with van der Waals surface area (Å²) in [5, 5.41) is 0. The average molecular weight is 397 g/mol. The van der Waals surface area contributed by atoms with Crippen LogP contribution in [0.2, 0.25) is 0 Å². The van der Waals surface area contributed by atoms with Gasteiger partial charge in [-0.3, -0.25) is 0 Å². The Bertz CT molecular complexity index is 870. The molecule has 6 nitrogen and oxygen atoms in total. The molecule has 3 heterocycles. The Labute approximate surface area is 173 Å². The lowest BCUT2D eigenvalue weighted by atomic mass is 10.0. The second-order valence-electron chi connectivity index (χ2n) is 8.10. The topological polar surface area (TPSA) is 50.7 Å². The van der Waals surface area contributed by atoms with Gasteiger partial charge in [-0.05, 0) is 52.2 Å². The third kappa shape index (κ3) is 3.96. The Kier molecular flexibility index (Phi) is 5.74. The largest absolute Gasteiger partial charge is 0.356 e. The first-order valence-corrected chi connectivity index (χ1v) is 10.7. The minimum absolute atomic E-state index is 0.0774. The van der Waals surface area contributed by atoms with Crippen molar-refractivity contribution in [2.24, 2.45) is 0 Å². The number of fused-ring (bicyclic) bond motifs is 1. The summed E-state index contributed by atoms with van der Waals surface area (Å²) < 4.78 is 11.2. The minimum atomic E-state index is -0.0774. The standard InChI is InChI=1S/C23H32N4O2/c1-6-27(21-16(3)13-15(2)14-17(21)4)23-24-18(5)19-7-9-26(22(19)25-23)10-8-20-28-11-12-29-20/h13-14,20H,6-12H2,1-5H3. The summed E-state index contributed by atoms with van der Waals surface area (Å²) in [4.78, 5) is 14.6. The van der Waals surface area contributed by atoms with Crippen LogP contribution in [0.3, 0.4) is 0 Å². The molecule has 2 aliphatic heterocycles. The number of anilines is 3. The van der Waals surface area contributed by atoms with E-state index >= 15 is 0 Å². The number of rotatable bonds is 6. The van der Waals surface area contributed by atoms with Crippen LogP contribution < -0.4 is 9.80 Å². The van der Waals surface area contributed by atoms with E-state index < -0.39 is 0 Å². The van der Waals surface area contributed by atoms with Crippen LogP contribution in [0.4, 0.5) is 17.5 Å². The predicted octanol–water partition coefficient (Wildman–Crippen LogP) is 3.99. The molecular formula is C23H32N4O2. The highest BCUT2D eigenvalue weighted by Gasteiger charge is 2.27. The molecule has 0 bridgehead atoms. The van der Waals surface area contributed by atoms with Crippen LogP contribution in [-0.2, 0) is 15.9 Å². The van der Waals surface area contributed by atoms with Crippen molar-refractivity contribution in [1.29, 1.82) is 0 Å². The van der Waals surface area contributed by atoms with Gasteiger partial charge in [0, 0.05) is 43.0 Å². The number of benzene rings is 1.